The van der Waals surface area contributed by atoms with E-state index in [1.54, 1.807) is 61.4 Å². The second kappa shape index (κ2) is 8.79. The quantitative estimate of drug-likeness (QED) is 0.588. The topological polar surface area (TPSA) is 82.5 Å². The maximum atomic E-state index is 12.3. The van der Waals surface area contributed by atoms with Crippen molar-refractivity contribution in [2.24, 2.45) is 0 Å². The summed E-state index contributed by atoms with van der Waals surface area (Å²) in [5.74, 6) is -0.782. The number of amides is 1. The lowest BCUT2D eigenvalue weighted by Gasteiger charge is -2.16. The molecule has 0 spiro atoms. The second-order valence-electron chi connectivity index (χ2n) is 5.18. The molecule has 25 heavy (non-hydrogen) atoms. The Kier molecular flexibility index (Phi) is 6.47. The fourth-order valence-corrected chi connectivity index (χ4v) is 2.13. The number of benzene rings is 1. The molecule has 0 radical (unpaired) electrons. The third-order valence-electron chi connectivity index (χ3n) is 3.38. The SMILES string of the molecule is C=CCOC(C)C(=O)Nc1cc(C(=O)OCC)ccc1-n1ccnc1. The van der Waals surface area contributed by atoms with Crippen LogP contribution in [-0.4, -0.2) is 40.7 Å². The van der Waals surface area contributed by atoms with E-state index in [9.17, 15) is 9.59 Å². The smallest absolute Gasteiger partial charge is 0.338 e. The number of esters is 1. The van der Waals surface area contributed by atoms with Gasteiger partial charge in [-0.2, -0.15) is 0 Å². The number of hydrogen-bond acceptors (Lipinski definition) is 5. The molecule has 1 aromatic carbocycles. The molecule has 2 rings (SSSR count). The molecular formula is C18H21N3O4. The first kappa shape index (κ1) is 18.4. The highest BCUT2D eigenvalue weighted by Gasteiger charge is 2.17. The fraction of sp³-hybridized carbons (Fsp3) is 0.278. The van der Waals surface area contributed by atoms with Crippen LogP contribution in [0.1, 0.15) is 24.2 Å². The third-order valence-corrected chi connectivity index (χ3v) is 3.38. The monoisotopic (exact) mass is 343 g/mol. The molecule has 0 fully saturated rings. The van der Waals surface area contributed by atoms with E-state index in [-0.39, 0.29) is 19.1 Å². The van der Waals surface area contributed by atoms with Crippen molar-refractivity contribution >= 4 is 17.6 Å². The van der Waals surface area contributed by atoms with Crippen LogP contribution in [0.4, 0.5) is 5.69 Å². The predicted molar refractivity (Wildman–Crippen MR) is 93.8 cm³/mol. The van der Waals surface area contributed by atoms with Crippen molar-refractivity contribution in [2.45, 2.75) is 20.0 Å². The average molecular weight is 343 g/mol. The zero-order valence-corrected chi connectivity index (χ0v) is 14.3. The standard InChI is InChI=1S/C18H21N3O4/c1-4-10-25-13(3)17(22)20-15-11-14(18(23)24-5-2)6-7-16(15)21-9-8-19-12-21/h4,6-9,11-13H,1,5,10H2,2-3H3,(H,20,22). The molecular weight excluding hydrogens is 322 g/mol. The molecule has 0 bridgehead atoms. The third kappa shape index (κ3) is 4.77. The van der Waals surface area contributed by atoms with E-state index in [2.05, 4.69) is 16.9 Å². The Bertz CT molecular complexity index is 741. The van der Waals surface area contributed by atoms with Gasteiger partial charge >= 0.3 is 5.97 Å². The molecule has 0 aliphatic rings. The van der Waals surface area contributed by atoms with Gasteiger partial charge in [0.2, 0.25) is 0 Å². The lowest BCUT2D eigenvalue weighted by Crippen LogP contribution is -2.28. The minimum Gasteiger partial charge on any atom is -0.462 e. The lowest BCUT2D eigenvalue weighted by atomic mass is 10.1. The van der Waals surface area contributed by atoms with E-state index in [4.69, 9.17) is 9.47 Å². The van der Waals surface area contributed by atoms with Crippen LogP contribution in [0.25, 0.3) is 5.69 Å². The summed E-state index contributed by atoms with van der Waals surface area (Å²) in [7, 11) is 0. The van der Waals surface area contributed by atoms with Gasteiger partial charge in [-0.15, -0.1) is 6.58 Å². The minimum absolute atomic E-state index is 0.270. The molecule has 0 saturated heterocycles. The molecule has 1 heterocycles. The zero-order chi connectivity index (χ0) is 18.2. The van der Waals surface area contributed by atoms with E-state index in [0.717, 1.165) is 0 Å². The van der Waals surface area contributed by atoms with Crippen LogP contribution in [0.5, 0.6) is 0 Å². The molecule has 2 aromatic rings. The molecule has 0 aliphatic carbocycles. The summed E-state index contributed by atoms with van der Waals surface area (Å²) in [4.78, 5) is 28.3. The van der Waals surface area contributed by atoms with Gasteiger partial charge in [0.15, 0.2) is 0 Å². The number of rotatable bonds is 8. The Balaban J connectivity index is 2.31. The summed E-state index contributed by atoms with van der Waals surface area (Å²) >= 11 is 0. The van der Waals surface area contributed by atoms with Crippen LogP contribution < -0.4 is 5.32 Å². The Morgan fingerprint density at radius 1 is 1.44 bits per heavy atom. The van der Waals surface area contributed by atoms with Gasteiger partial charge < -0.3 is 19.4 Å². The van der Waals surface area contributed by atoms with Gasteiger partial charge in [-0.3, -0.25) is 4.79 Å². The Morgan fingerprint density at radius 3 is 2.88 bits per heavy atom. The van der Waals surface area contributed by atoms with Crippen molar-refractivity contribution in [2.75, 3.05) is 18.5 Å². The fourth-order valence-electron chi connectivity index (χ4n) is 2.13. The molecule has 7 heteroatoms. The molecule has 132 valence electrons. The van der Waals surface area contributed by atoms with Gasteiger partial charge in [0.1, 0.15) is 6.10 Å². The Morgan fingerprint density at radius 2 is 2.24 bits per heavy atom. The van der Waals surface area contributed by atoms with Crippen LogP contribution in [0, 0.1) is 0 Å². The Labute approximate surface area is 146 Å². The van der Waals surface area contributed by atoms with E-state index in [1.165, 1.54) is 0 Å². The summed E-state index contributed by atoms with van der Waals surface area (Å²) in [5, 5.41) is 2.79. The number of nitrogens with zero attached hydrogens (tertiary/aromatic N) is 2. The molecule has 1 aromatic heterocycles. The molecule has 1 amide bonds. The highest BCUT2D eigenvalue weighted by atomic mass is 16.5. The van der Waals surface area contributed by atoms with Crippen LogP contribution in [-0.2, 0) is 14.3 Å². The van der Waals surface area contributed by atoms with E-state index in [0.29, 0.717) is 16.9 Å². The molecule has 1 atom stereocenters. The number of ether oxygens (including phenoxy) is 2. The first-order valence-electron chi connectivity index (χ1n) is 7.89. The van der Waals surface area contributed by atoms with Crippen molar-refractivity contribution < 1.29 is 19.1 Å². The number of carbonyl (C=O) groups excluding carboxylic acids is 2. The Hall–Kier alpha value is -2.93. The van der Waals surface area contributed by atoms with Gasteiger partial charge in [0.25, 0.3) is 5.91 Å². The number of imidazole rings is 1. The number of carbonyl (C=O) groups is 2. The zero-order valence-electron chi connectivity index (χ0n) is 14.3. The summed E-state index contributed by atoms with van der Waals surface area (Å²) in [6.45, 7) is 7.48. The van der Waals surface area contributed by atoms with E-state index < -0.39 is 12.1 Å². The average Bonchev–Trinajstić information content (AvgIpc) is 3.14. The second-order valence-corrected chi connectivity index (χ2v) is 5.18. The van der Waals surface area contributed by atoms with Crippen molar-refractivity contribution in [3.63, 3.8) is 0 Å². The number of aromatic nitrogens is 2. The van der Waals surface area contributed by atoms with E-state index in [1.807, 2.05) is 0 Å². The number of hydrogen-bond donors (Lipinski definition) is 1. The lowest BCUT2D eigenvalue weighted by molar-refractivity contribution is -0.125. The molecule has 1 N–H and O–H groups in total. The molecule has 7 nitrogen and oxygen atoms in total. The summed E-state index contributed by atoms with van der Waals surface area (Å²) in [5.41, 5.74) is 1.48. The number of anilines is 1. The van der Waals surface area contributed by atoms with Gasteiger partial charge in [-0.1, -0.05) is 6.08 Å². The van der Waals surface area contributed by atoms with Crippen LogP contribution in [0.3, 0.4) is 0 Å². The highest BCUT2D eigenvalue weighted by Crippen LogP contribution is 2.23. The highest BCUT2D eigenvalue weighted by molar-refractivity contribution is 5.98. The van der Waals surface area contributed by atoms with Gasteiger partial charge in [0.05, 0.1) is 36.5 Å². The van der Waals surface area contributed by atoms with Crippen LogP contribution in [0.15, 0.2) is 49.6 Å². The maximum absolute atomic E-state index is 12.3. The van der Waals surface area contributed by atoms with Crippen LogP contribution in [0.2, 0.25) is 0 Å². The molecule has 0 aliphatic heterocycles. The van der Waals surface area contributed by atoms with Crippen molar-refractivity contribution in [3.05, 3.63) is 55.1 Å². The number of nitrogens with one attached hydrogen (secondary N) is 1. The summed E-state index contributed by atoms with van der Waals surface area (Å²) in [6, 6.07) is 4.94. The normalized spacial score (nSPS) is 11.6. The van der Waals surface area contributed by atoms with Gasteiger partial charge in [0, 0.05) is 12.4 Å². The maximum Gasteiger partial charge on any atom is 0.338 e. The minimum atomic E-state index is -0.667. The predicted octanol–water partition coefficient (Wildman–Crippen LogP) is 2.58. The molecule has 0 saturated carbocycles. The summed E-state index contributed by atoms with van der Waals surface area (Å²) < 4.78 is 12.1. The van der Waals surface area contributed by atoms with E-state index >= 15 is 0 Å². The van der Waals surface area contributed by atoms with Crippen molar-refractivity contribution in [1.29, 1.82) is 0 Å². The van der Waals surface area contributed by atoms with Crippen molar-refractivity contribution in [3.8, 4) is 5.69 Å². The molecule has 1 unspecified atom stereocenters. The van der Waals surface area contributed by atoms with Crippen molar-refractivity contribution in [1.82, 2.24) is 9.55 Å². The first-order chi connectivity index (χ1) is 12.1. The van der Waals surface area contributed by atoms with Gasteiger partial charge in [-0.25, -0.2) is 9.78 Å². The first-order valence-corrected chi connectivity index (χ1v) is 7.89. The summed E-state index contributed by atoms with van der Waals surface area (Å²) in [6.07, 6.45) is 5.88. The van der Waals surface area contributed by atoms with Gasteiger partial charge in [-0.05, 0) is 32.0 Å². The van der Waals surface area contributed by atoms with Crippen LogP contribution >= 0.6 is 0 Å². The largest absolute Gasteiger partial charge is 0.462 e.